The van der Waals surface area contributed by atoms with E-state index in [1.807, 2.05) is 0 Å². The summed E-state index contributed by atoms with van der Waals surface area (Å²) in [7, 11) is 0. The monoisotopic (exact) mass is 359 g/mol. The number of halogens is 3. The SMILES string of the molecule is Cc1ccnc(C(F)(F)F)c1CSc1nc2c(c(=O)[nH]1)CSC2. The lowest BCUT2D eigenvalue weighted by atomic mass is 10.1. The van der Waals surface area contributed by atoms with Crippen molar-refractivity contribution >= 4 is 23.5 Å². The molecule has 23 heavy (non-hydrogen) atoms. The van der Waals surface area contributed by atoms with E-state index in [0.717, 1.165) is 23.7 Å². The van der Waals surface area contributed by atoms with Crippen LogP contribution in [0.2, 0.25) is 0 Å². The Balaban J connectivity index is 1.87. The highest BCUT2D eigenvalue weighted by Gasteiger charge is 2.35. The molecular formula is C14H12F3N3OS2. The first-order valence-corrected chi connectivity index (χ1v) is 8.84. The number of aromatic nitrogens is 3. The zero-order valence-electron chi connectivity index (χ0n) is 12.0. The van der Waals surface area contributed by atoms with E-state index in [1.54, 1.807) is 24.8 Å². The fourth-order valence-corrected chi connectivity index (χ4v) is 4.28. The van der Waals surface area contributed by atoms with E-state index in [0.29, 0.717) is 27.8 Å². The van der Waals surface area contributed by atoms with Gasteiger partial charge < -0.3 is 4.98 Å². The third-order valence-corrected chi connectivity index (χ3v) is 5.35. The van der Waals surface area contributed by atoms with Gasteiger partial charge in [0.15, 0.2) is 5.16 Å². The lowest BCUT2D eigenvalue weighted by molar-refractivity contribution is -0.141. The first-order valence-electron chi connectivity index (χ1n) is 6.70. The van der Waals surface area contributed by atoms with Crippen LogP contribution in [0.3, 0.4) is 0 Å². The maximum atomic E-state index is 13.1. The molecule has 122 valence electrons. The maximum absolute atomic E-state index is 13.1. The average Bonchev–Trinajstić information content (AvgIpc) is 2.93. The molecule has 3 heterocycles. The number of fused-ring (bicyclic) bond motifs is 1. The zero-order chi connectivity index (χ0) is 16.6. The summed E-state index contributed by atoms with van der Waals surface area (Å²) in [4.78, 5) is 22.4. The standard InChI is InChI=1S/C14H12F3N3OS2/c1-7-2-3-18-11(14(15,16)17)8(7)5-23-13-19-10-6-22-4-9(10)12(21)20-13/h2-3H,4-6H2,1H3,(H,19,20,21). The number of rotatable bonds is 3. The third kappa shape index (κ3) is 3.40. The smallest absolute Gasteiger partial charge is 0.301 e. The molecule has 2 aromatic rings. The first-order chi connectivity index (χ1) is 10.9. The molecule has 0 fully saturated rings. The fraction of sp³-hybridized carbons (Fsp3) is 0.357. The molecule has 9 heteroatoms. The largest absolute Gasteiger partial charge is 0.433 e. The Hall–Kier alpha value is -1.48. The van der Waals surface area contributed by atoms with E-state index in [2.05, 4.69) is 15.0 Å². The number of thioether (sulfide) groups is 2. The Morgan fingerprint density at radius 1 is 1.39 bits per heavy atom. The van der Waals surface area contributed by atoms with E-state index in [9.17, 15) is 18.0 Å². The van der Waals surface area contributed by atoms with Gasteiger partial charge in [0.2, 0.25) is 0 Å². The van der Waals surface area contributed by atoms with Gasteiger partial charge in [0.05, 0.1) is 5.69 Å². The summed E-state index contributed by atoms with van der Waals surface area (Å²) in [6.45, 7) is 1.61. The summed E-state index contributed by atoms with van der Waals surface area (Å²) in [5.41, 5.74) is 0.917. The zero-order valence-corrected chi connectivity index (χ0v) is 13.7. The van der Waals surface area contributed by atoms with E-state index < -0.39 is 11.9 Å². The number of aromatic amines is 1. The molecule has 4 nitrogen and oxygen atoms in total. The van der Waals surface area contributed by atoms with Crippen molar-refractivity contribution in [3.8, 4) is 0 Å². The minimum atomic E-state index is -4.50. The van der Waals surface area contributed by atoms with Crippen molar-refractivity contribution in [3.05, 3.63) is 50.7 Å². The van der Waals surface area contributed by atoms with Crippen LogP contribution in [0.4, 0.5) is 13.2 Å². The topological polar surface area (TPSA) is 58.6 Å². The molecule has 0 saturated heterocycles. The summed E-state index contributed by atoms with van der Waals surface area (Å²) in [5.74, 6) is 1.33. The number of hydrogen-bond acceptors (Lipinski definition) is 5. The van der Waals surface area contributed by atoms with Crippen LogP contribution in [0.1, 0.15) is 28.1 Å². The third-order valence-electron chi connectivity index (χ3n) is 3.48. The predicted molar refractivity (Wildman–Crippen MR) is 83.4 cm³/mol. The number of nitrogens with one attached hydrogen (secondary N) is 1. The Morgan fingerprint density at radius 2 is 2.17 bits per heavy atom. The number of pyridine rings is 1. The molecular weight excluding hydrogens is 347 g/mol. The molecule has 2 aromatic heterocycles. The van der Waals surface area contributed by atoms with Crippen LogP contribution in [0.15, 0.2) is 22.2 Å². The van der Waals surface area contributed by atoms with Crippen LogP contribution >= 0.6 is 23.5 Å². The number of hydrogen-bond donors (Lipinski definition) is 1. The molecule has 0 saturated carbocycles. The quantitative estimate of drug-likeness (QED) is 0.671. The molecule has 3 rings (SSSR count). The molecule has 0 radical (unpaired) electrons. The van der Waals surface area contributed by atoms with E-state index >= 15 is 0 Å². The van der Waals surface area contributed by atoms with E-state index in [-0.39, 0.29) is 16.9 Å². The summed E-state index contributed by atoms with van der Waals surface area (Å²) in [6.07, 6.45) is -3.35. The van der Waals surface area contributed by atoms with Crippen LogP contribution in [-0.2, 0) is 23.4 Å². The van der Waals surface area contributed by atoms with Gasteiger partial charge in [0.25, 0.3) is 5.56 Å². The molecule has 0 atom stereocenters. The van der Waals surface area contributed by atoms with E-state index in [4.69, 9.17) is 0 Å². The summed E-state index contributed by atoms with van der Waals surface area (Å²) in [6, 6.07) is 1.54. The molecule has 0 unspecified atom stereocenters. The minimum absolute atomic E-state index is 0.0450. The second-order valence-corrected chi connectivity index (χ2v) is 6.98. The molecule has 1 N–H and O–H groups in total. The van der Waals surface area contributed by atoms with Gasteiger partial charge in [-0.3, -0.25) is 9.78 Å². The molecule has 0 spiro atoms. The highest BCUT2D eigenvalue weighted by atomic mass is 32.2. The number of nitrogens with zero attached hydrogens (tertiary/aromatic N) is 2. The number of aryl methyl sites for hydroxylation is 1. The highest BCUT2D eigenvalue weighted by Crippen LogP contribution is 2.34. The highest BCUT2D eigenvalue weighted by molar-refractivity contribution is 7.98. The molecule has 1 aliphatic rings. The van der Waals surface area contributed by atoms with Crippen molar-refractivity contribution in [1.82, 2.24) is 15.0 Å². The molecule has 0 amide bonds. The van der Waals surface area contributed by atoms with Gasteiger partial charge in [-0.25, -0.2) is 4.98 Å². The van der Waals surface area contributed by atoms with Crippen LogP contribution < -0.4 is 5.56 Å². The van der Waals surface area contributed by atoms with Gasteiger partial charge >= 0.3 is 6.18 Å². The van der Waals surface area contributed by atoms with Crippen LogP contribution in [0, 0.1) is 6.92 Å². The summed E-state index contributed by atoms with van der Waals surface area (Å²) < 4.78 is 39.2. The van der Waals surface area contributed by atoms with Crippen molar-refractivity contribution in [1.29, 1.82) is 0 Å². The molecule has 0 aromatic carbocycles. The lowest BCUT2D eigenvalue weighted by Crippen LogP contribution is -2.15. The van der Waals surface area contributed by atoms with Gasteiger partial charge in [0.1, 0.15) is 5.69 Å². The summed E-state index contributed by atoms with van der Waals surface area (Å²) >= 11 is 2.68. The van der Waals surface area contributed by atoms with E-state index in [1.165, 1.54) is 0 Å². The fourth-order valence-electron chi connectivity index (χ4n) is 2.26. The molecule has 0 aliphatic carbocycles. The van der Waals surface area contributed by atoms with Crippen molar-refractivity contribution in [2.45, 2.75) is 35.5 Å². The maximum Gasteiger partial charge on any atom is 0.433 e. The Labute approximate surface area is 138 Å². The van der Waals surface area contributed by atoms with Crippen LogP contribution in [-0.4, -0.2) is 15.0 Å². The van der Waals surface area contributed by atoms with Gasteiger partial charge in [-0.15, -0.1) is 0 Å². The second-order valence-electron chi connectivity index (χ2n) is 5.03. The van der Waals surface area contributed by atoms with Crippen molar-refractivity contribution in [2.24, 2.45) is 0 Å². The van der Waals surface area contributed by atoms with Gasteiger partial charge in [-0.2, -0.15) is 24.9 Å². The normalized spacial score (nSPS) is 14.1. The Bertz CT molecular complexity index is 805. The summed E-state index contributed by atoms with van der Waals surface area (Å²) in [5, 5.41) is 0.340. The molecule has 0 bridgehead atoms. The van der Waals surface area contributed by atoms with Crippen LogP contribution in [0.5, 0.6) is 0 Å². The molecule has 1 aliphatic heterocycles. The average molecular weight is 359 g/mol. The Morgan fingerprint density at radius 3 is 2.91 bits per heavy atom. The van der Waals surface area contributed by atoms with Gasteiger partial charge in [0, 0.05) is 29.0 Å². The lowest BCUT2D eigenvalue weighted by Gasteiger charge is -2.13. The first kappa shape index (κ1) is 16.4. The van der Waals surface area contributed by atoms with Crippen molar-refractivity contribution in [3.63, 3.8) is 0 Å². The number of alkyl halides is 3. The van der Waals surface area contributed by atoms with Crippen molar-refractivity contribution in [2.75, 3.05) is 0 Å². The minimum Gasteiger partial charge on any atom is -0.301 e. The second kappa shape index (κ2) is 6.20. The Kier molecular flexibility index (Phi) is 4.41. The predicted octanol–water partition coefficient (Wildman–Crippen LogP) is 3.53. The van der Waals surface area contributed by atoms with Gasteiger partial charge in [-0.05, 0) is 24.1 Å². The van der Waals surface area contributed by atoms with Crippen molar-refractivity contribution < 1.29 is 13.2 Å². The number of H-pyrrole nitrogens is 1. The van der Waals surface area contributed by atoms with Crippen LogP contribution in [0.25, 0.3) is 0 Å². The van der Waals surface area contributed by atoms with Gasteiger partial charge in [-0.1, -0.05) is 11.8 Å².